The zero-order chi connectivity index (χ0) is 32.8. The van der Waals surface area contributed by atoms with E-state index in [0.29, 0.717) is 26.1 Å². The lowest BCUT2D eigenvalue weighted by Crippen LogP contribution is -2.62. The predicted molar refractivity (Wildman–Crippen MR) is 166 cm³/mol. The Morgan fingerprint density at radius 2 is 1.66 bits per heavy atom. The molecule has 4 N–H and O–H groups in total. The number of nitrogens with one attached hydrogen (secondary N) is 4. The van der Waals surface area contributed by atoms with Crippen molar-refractivity contribution in [1.29, 1.82) is 0 Å². The first kappa shape index (κ1) is 35.0. The second-order valence-electron chi connectivity index (χ2n) is 14.6. The van der Waals surface area contributed by atoms with Crippen molar-refractivity contribution in [2.24, 2.45) is 22.7 Å². The third-order valence-electron chi connectivity index (χ3n) is 9.09. The molecule has 6 amide bonds. The fourth-order valence-corrected chi connectivity index (χ4v) is 6.44. The standard InChI is InChI=1S/C32H52N6O6/c1-8-15-33-27(41)22(39)17-34-28(42)25-21-13-11-12-20(21)18-38(25)29(43)26(32(5,6)7)36-30(44)35-23(31(2,3)4)19-37-16-10-9-14-24(37)40/h8,20-21,23,25-26H,1,9-19H2,2-7H3,(H,33,41)(H,34,42)(H2,35,36,44)/t20-,21-,23+,25-,26+/m0/s1. The molecule has 3 aliphatic rings. The van der Waals surface area contributed by atoms with Crippen LogP contribution in [0.25, 0.3) is 0 Å². The smallest absolute Gasteiger partial charge is 0.315 e. The van der Waals surface area contributed by atoms with Gasteiger partial charge in [-0.25, -0.2) is 4.79 Å². The molecule has 0 radical (unpaired) electrons. The molecule has 12 nitrogen and oxygen atoms in total. The van der Waals surface area contributed by atoms with Gasteiger partial charge >= 0.3 is 6.03 Å². The predicted octanol–water partition coefficient (Wildman–Crippen LogP) is 1.74. The van der Waals surface area contributed by atoms with Crippen molar-refractivity contribution in [3.63, 3.8) is 0 Å². The van der Waals surface area contributed by atoms with Crippen LogP contribution >= 0.6 is 0 Å². The maximum absolute atomic E-state index is 14.2. The Hall–Kier alpha value is -3.44. The number of amides is 6. The fourth-order valence-electron chi connectivity index (χ4n) is 6.44. The molecular weight excluding hydrogens is 564 g/mol. The van der Waals surface area contributed by atoms with Gasteiger partial charge in [0.1, 0.15) is 12.1 Å². The molecule has 3 fully saturated rings. The van der Waals surface area contributed by atoms with E-state index < -0.39 is 47.7 Å². The normalized spacial score (nSPS) is 23.3. The molecule has 5 atom stereocenters. The number of likely N-dealkylation sites (tertiary alicyclic amines) is 2. The number of carbonyl (C=O) groups is 6. The topological polar surface area (TPSA) is 157 Å². The molecule has 0 spiro atoms. The van der Waals surface area contributed by atoms with Gasteiger partial charge in [-0.2, -0.15) is 0 Å². The summed E-state index contributed by atoms with van der Waals surface area (Å²) in [5, 5.41) is 10.9. The van der Waals surface area contributed by atoms with Crippen LogP contribution in [0, 0.1) is 22.7 Å². The van der Waals surface area contributed by atoms with Crippen molar-refractivity contribution in [3.8, 4) is 0 Å². The van der Waals surface area contributed by atoms with Gasteiger partial charge in [0.25, 0.3) is 5.91 Å². The molecule has 0 unspecified atom stereocenters. The molecule has 2 saturated heterocycles. The summed E-state index contributed by atoms with van der Waals surface area (Å²) in [6.45, 7) is 16.1. The monoisotopic (exact) mass is 616 g/mol. The number of hydrogen-bond donors (Lipinski definition) is 4. The number of rotatable bonds is 11. The number of fused-ring (bicyclic) bond motifs is 1. The van der Waals surface area contributed by atoms with Gasteiger partial charge in [-0.15, -0.1) is 6.58 Å². The minimum absolute atomic E-state index is 0.0644. The Morgan fingerprint density at radius 3 is 2.27 bits per heavy atom. The molecule has 0 bridgehead atoms. The average molecular weight is 617 g/mol. The van der Waals surface area contributed by atoms with Crippen LogP contribution in [-0.2, 0) is 24.0 Å². The van der Waals surface area contributed by atoms with Gasteiger partial charge in [0.15, 0.2) is 0 Å². The molecule has 2 heterocycles. The highest BCUT2D eigenvalue weighted by Gasteiger charge is 2.51. The van der Waals surface area contributed by atoms with Gasteiger partial charge in [0, 0.05) is 32.6 Å². The number of piperidine rings is 1. The second kappa shape index (κ2) is 14.6. The maximum Gasteiger partial charge on any atom is 0.315 e. The zero-order valence-electron chi connectivity index (χ0n) is 27.3. The lowest BCUT2D eigenvalue weighted by molar-refractivity contribution is -0.143. The van der Waals surface area contributed by atoms with Crippen LogP contribution in [0.2, 0.25) is 0 Å². The molecule has 246 valence electrons. The molecule has 1 saturated carbocycles. The van der Waals surface area contributed by atoms with Gasteiger partial charge in [-0.3, -0.25) is 24.0 Å². The molecule has 1 aliphatic carbocycles. The zero-order valence-corrected chi connectivity index (χ0v) is 27.3. The van der Waals surface area contributed by atoms with Crippen molar-refractivity contribution in [2.45, 2.75) is 98.2 Å². The van der Waals surface area contributed by atoms with Crippen molar-refractivity contribution >= 4 is 35.4 Å². The molecule has 0 aromatic rings. The van der Waals surface area contributed by atoms with Gasteiger partial charge in [-0.1, -0.05) is 54.0 Å². The van der Waals surface area contributed by atoms with Crippen molar-refractivity contribution < 1.29 is 28.8 Å². The van der Waals surface area contributed by atoms with Crippen molar-refractivity contribution in [3.05, 3.63) is 12.7 Å². The molecule has 12 heteroatoms. The third-order valence-corrected chi connectivity index (χ3v) is 9.09. The van der Waals surface area contributed by atoms with E-state index in [1.807, 2.05) is 41.5 Å². The van der Waals surface area contributed by atoms with Crippen LogP contribution in [0.5, 0.6) is 0 Å². The first-order valence-corrected chi connectivity index (χ1v) is 15.9. The summed E-state index contributed by atoms with van der Waals surface area (Å²) in [6, 6.07) is -2.62. The van der Waals surface area contributed by atoms with Crippen molar-refractivity contribution in [2.75, 3.05) is 32.7 Å². The van der Waals surface area contributed by atoms with Crippen LogP contribution < -0.4 is 21.3 Å². The number of nitrogens with zero attached hydrogens (tertiary/aromatic N) is 2. The molecule has 0 aromatic carbocycles. The molecule has 2 aliphatic heterocycles. The first-order valence-electron chi connectivity index (χ1n) is 15.9. The van der Waals surface area contributed by atoms with Gasteiger partial charge < -0.3 is 31.1 Å². The van der Waals surface area contributed by atoms with E-state index in [4.69, 9.17) is 0 Å². The van der Waals surface area contributed by atoms with E-state index in [-0.39, 0.29) is 41.7 Å². The van der Waals surface area contributed by atoms with Crippen LogP contribution in [0.3, 0.4) is 0 Å². The quantitative estimate of drug-likeness (QED) is 0.205. The van der Waals surface area contributed by atoms with Crippen LogP contribution in [0.15, 0.2) is 12.7 Å². The lowest BCUT2D eigenvalue weighted by Gasteiger charge is -2.39. The number of hydrogen-bond acceptors (Lipinski definition) is 6. The summed E-state index contributed by atoms with van der Waals surface area (Å²) in [5.74, 6) is -2.29. The van der Waals surface area contributed by atoms with Gasteiger partial charge in [0.2, 0.25) is 23.5 Å². The summed E-state index contributed by atoms with van der Waals surface area (Å²) in [5.41, 5.74) is -1.04. The highest BCUT2D eigenvalue weighted by Crippen LogP contribution is 2.43. The van der Waals surface area contributed by atoms with E-state index in [1.165, 1.54) is 6.08 Å². The molecule has 0 aromatic heterocycles. The number of Topliss-reactive ketones (excluding diaryl/α,β-unsaturated/α-hetero) is 1. The Balaban J connectivity index is 1.74. The highest BCUT2D eigenvalue weighted by atomic mass is 16.2. The Morgan fingerprint density at radius 1 is 0.955 bits per heavy atom. The second-order valence-corrected chi connectivity index (χ2v) is 14.6. The SMILES string of the molecule is C=CCNC(=O)C(=O)CNC(=O)[C@@H]1[C@H]2CCC[C@H]2CN1C(=O)[C@@H](NC(=O)N[C@H](CN1CCCCC1=O)C(C)(C)C)C(C)(C)C. The molecule has 3 rings (SSSR count). The van der Waals surface area contributed by atoms with Gasteiger partial charge in [-0.05, 0) is 48.3 Å². The largest absolute Gasteiger partial charge is 0.347 e. The highest BCUT2D eigenvalue weighted by molar-refractivity contribution is 6.37. The number of ketones is 1. The number of carbonyl (C=O) groups excluding carboxylic acids is 6. The Kier molecular flexibility index (Phi) is 11.6. The third kappa shape index (κ3) is 8.81. The van der Waals surface area contributed by atoms with E-state index >= 15 is 0 Å². The first-order chi connectivity index (χ1) is 20.5. The Bertz CT molecular complexity index is 1130. The molecule has 44 heavy (non-hydrogen) atoms. The maximum atomic E-state index is 14.2. The fraction of sp³-hybridized carbons (Fsp3) is 0.750. The molecular formula is C32H52N6O6. The minimum atomic E-state index is -0.944. The van der Waals surface area contributed by atoms with Crippen LogP contribution in [0.4, 0.5) is 4.79 Å². The number of urea groups is 1. The summed E-state index contributed by atoms with van der Waals surface area (Å²) in [6.07, 6.45) is 6.36. The van der Waals surface area contributed by atoms with Crippen molar-refractivity contribution in [1.82, 2.24) is 31.1 Å². The Labute approximate surface area is 261 Å². The van der Waals surface area contributed by atoms with Crippen LogP contribution in [-0.4, -0.2) is 96.1 Å². The lowest BCUT2D eigenvalue weighted by atomic mass is 9.85. The van der Waals surface area contributed by atoms with E-state index in [9.17, 15) is 28.8 Å². The minimum Gasteiger partial charge on any atom is -0.347 e. The summed E-state index contributed by atoms with van der Waals surface area (Å²) >= 11 is 0. The van der Waals surface area contributed by atoms with E-state index in [0.717, 1.165) is 32.1 Å². The van der Waals surface area contributed by atoms with E-state index in [1.54, 1.807) is 9.80 Å². The summed E-state index contributed by atoms with van der Waals surface area (Å²) in [7, 11) is 0. The van der Waals surface area contributed by atoms with E-state index in [2.05, 4.69) is 27.8 Å². The average Bonchev–Trinajstić information content (AvgIpc) is 3.54. The van der Waals surface area contributed by atoms with Crippen LogP contribution in [0.1, 0.15) is 80.1 Å². The summed E-state index contributed by atoms with van der Waals surface area (Å²) < 4.78 is 0. The van der Waals surface area contributed by atoms with Gasteiger partial charge in [0.05, 0.1) is 12.6 Å². The summed E-state index contributed by atoms with van der Waals surface area (Å²) in [4.78, 5) is 81.2.